The molecule has 0 bridgehead atoms. The fourth-order valence-electron chi connectivity index (χ4n) is 3.32. The van der Waals surface area contributed by atoms with E-state index in [4.69, 9.17) is 9.47 Å². The summed E-state index contributed by atoms with van der Waals surface area (Å²) in [6, 6.07) is 12.3. The average molecular weight is 353 g/mol. The van der Waals surface area contributed by atoms with Crippen LogP contribution in [-0.2, 0) is 13.0 Å². The Morgan fingerprint density at radius 3 is 2.92 bits per heavy atom. The third kappa shape index (κ3) is 3.04. The smallest absolute Gasteiger partial charge is 0.166 e. The van der Waals surface area contributed by atoms with Gasteiger partial charge in [-0.25, -0.2) is 9.37 Å². The first kappa shape index (κ1) is 16.6. The van der Waals surface area contributed by atoms with E-state index in [0.717, 1.165) is 29.9 Å². The van der Waals surface area contributed by atoms with Crippen molar-refractivity contribution in [2.24, 2.45) is 0 Å². The molecule has 1 aliphatic heterocycles. The Morgan fingerprint density at radius 1 is 1.19 bits per heavy atom. The maximum atomic E-state index is 13.9. The van der Waals surface area contributed by atoms with Crippen molar-refractivity contribution < 1.29 is 13.9 Å². The first-order valence-electron chi connectivity index (χ1n) is 8.56. The van der Waals surface area contributed by atoms with Gasteiger partial charge in [0, 0.05) is 29.8 Å². The Bertz CT molecular complexity index is 910. The number of hydrogen-bond donors (Lipinski definition) is 2. The number of fused-ring (bicyclic) bond motifs is 1. The van der Waals surface area contributed by atoms with Crippen molar-refractivity contribution in [1.82, 2.24) is 15.3 Å². The van der Waals surface area contributed by atoms with Gasteiger partial charge < -0.3 is 19.8 Å². The van der Waals surface area contributed by atoms with Gasteiger partial charge in [0.2, 0.25) is 0 Å². The zero-order valence-electron chi connectivity index (χ0n) is 14.5. The largest absolute Gasteiger partial charge is 0.493 e. The van der Waals surface area contributed by atoms with Gasteiger partial charge in [-0.3, -0.25) is 0 Å². The van der Waals surface area contributed by atoms with Crippen LogP contribution in [0.4, 0.5) is 4.39 Å². The number of para-hydroxylation sites is 1. The summed E-state index contributed by atoms with van der Waals surface area (Å²) in [5.41, 5.74) is 3.51. The molecule has 0 aliphatic carbocycles. The summed E-state index contributed by atoms with van der Waals surface area (Å²) < 4.78 is 25.5. The van der Waals surface area contributed by atoms with Crippen LogP contribution in [0.25, 0.3) is 0 Å². The standard InChI is InChI=1S/C20H20FN3O2/c1-25-17-8-4-6-14(18-19-16(9-10-22-18)23-12-24-19)20(17)26-11-13-5-2-3-7-15(13)21/h2-8,12,18,22H,9-11H2,1H3,(H,23,24). The van der Waals surface area contributed by atoms with Crippen molar-refractivity contribution in [3.05, 3.63) is 77.1 Å². The zero-order chi connectivity index (χ0) is 17.9. The van der Waals surface area contributed by atoms with Gasteiger partial charge in [-0.05, 0) is 12.1 Å². The summed E-state index contributed by atoms with van der Waals surface area (Å²) in [6.07, 6.45) is 2.62. The van der Waals surface area contributed by atoms with Crippen molar-refractivity contribution in [1.29, 1.82) is 0 Å². The molecule has 0 amide bonds. The Kier molecular flexibility index (Phi) is 4.58. The van der Waals surface area contributed by atoms with Crippen molar-refractivity contribution in [2.45, 2.75) is 19.1 Å². The summed E-state index contributed by atoms with van der Waals surface area (Å²) in [6.45, 7) is 0.962. The number of aromatic nitrogens is 2. The van der Waals surface area contributed by atoms with E-state index in [-0.39, 0.29) is 18.5 Å². The molecule has 1 aromatic heterocycles. The lowest BCUT2D eigenvalue weighted by Gasteiger charge is -2.26. The van der Waals surface area contributed by atoms with Gasteiger partial charge in [-0.1, -0.05) is 30.3 Å². The SMILES string of the molecule is COc1cccc(C2NCCc3[nH]cnc32)c1OCc1ccccc1F. The van der Waals surface area contributed by atoms with Crippen LogP contribution in [-0.4, -0.2) is 23.6 Å². The molecule has 0 spiro atoms. The minimum Gasteiger partial charge on any atom is -0.493 e. The number of rotatable bonds is 5. The van der Waals surface area contributed by atoms with Gasteiger partial charge >= 0.3 is 0 Å². The van der Waals surface area contributed by atoms with E-state index in [9.17, 15) is 4.39 Å². The Balaban J connectivity index is 1.69. The van der Waals surface area contributed by atoms with E-state index in [1.54, 1.807) is 31.6 Å². The van der Waals surface area contributed by atoms with E-state index in [2.05, 4.69) is 15.3 Å². The van der Waals surface area contributed by atoms with Crippen molar-refractivity contribution in [2.75, 3.05) is 13.7 Å². The molecule has 0 fully saturated rings. The summed E-state index contributed by atoms with van der Waals surface area (Å²) in [7, 11) is 1.60. The number of ether oxygens (including phenoxy) is 2. The van der Waals surface area contributed by atoms with Crippen molar-refractivity contribution in [3.8, 4) is 11.5 Å². The van der Waals surface area contributed by atoms with Gasteiger partial charge in [0.25, 0.3) is 0 Å². The third-order valence-electron chi connectivity index (χ3n) is 4.62. The summed E-state index contributed by atoms with van der Waals surface area (Å²) in [5.74, 6) is 0.934. The first-order chi connectivity index (χ1) is 12.8. The molecular weight excluding hydrogens is 333 g/mol. The topological polar surface area (TPSA) is 59.2 Å². The molecule has 26 heavy (non-hydrogen) atoms. The minimum absolute atomic E-state index is 0.101. The number of benzene rings is 2. The number of halogens is 1. The van der Waals surface area contributed by atoms with Crippen LogP contribution in [0.2, 0.25) is 0 Å². The lowest BCUT2D eigenvalue weighted by Crippen LogP contribution is -2.31. The molecule has 6 heteroatoms. The number of nitrogens with one attached hydrogen (secondary N) is 2. The highest BCUT2D eigenvalue weighted by molar-refractivity contribution is 5.51. The Morgan fingerprint density at radius 2 is 2.08 bits per heavy atom. The number of H-pyrrole nitrogens is 1. The monoisotopic (exact) mass is 353 g/mol. The highest BCUT2D eigenvalue weighted by Gasteiger charge is 2.27. The van der Waals surface area contributed by atoms with Crippen LogP contribution in [0, 0.1) is 5.82 Å². The normalized spacial score (nSPS) is 16.2. The molecule has 3 aromatic rings. The number of hydrogen-bond acceptors (Lipinski definition) is 4. The fraction of sp³-hybridized carbons (Fsp3) is 0.250. The quantitative estimate of drug-likeness (QED) is 0.738. The second-order valence-electron chi connectivity index (χ2n) is 6.16. The molecule has 134 valence electrons. The van der Waals surface area contributed by atoms with E-state index in [1.165, 1.54) is 6.07 Å². The highest BCUT2D eigenvalue weighted by atomic mass is 19.1. The molecule has 5 nitrogen and oxygen atoms in total. The van der Waals surface area contributed by atoms with E-state index in [0.29, 0.717) is 17.1 Å². The van der Waals surface area contributed by atoms with Gasteiger partial charge in [0.1, 0.15) is 12.4 Å². The molecule has 2 aromatic carbocycles. The van der Waals surface area contributed by atoms with Gasteiger partial charge in [-0.2, -0.15) is 0 Å². The molecule has 2 heterocycles. The van der Waals surface area contributed by atoms with Crippen LogP contribution < -0.4 is 14.8 Å². The predicted octanol–water partition coefficient (Wildman–Crippen LogP) is 3.37. The van der Waals surface area contributed by atoms with E-state index in [1.807, 2.05) is 18.2 Å². The van der Waals surface area contributed by atoms with Crippen molar-refractivity contribution in [3.63, 3.8) is 0 Å². The molecule has 1 atom stereocenters. The van der Waals surface area contributed by atoms with Crippen LogP contribution in [0.5, 0.6) is 11.5 Å². The molecular formula is C20H20FN3O2. The number of imidazole rings is 1. The maximum Gasteiger partial charge on any atom is 0.166 e. The number of aromatic amines is 1. The lowest BCUT2D eigenvalue weighted by atomic mass is 9.97. The summed E-state index contributed by atoms with van der Waals surface area (Å²) >= 11 is 0. The Hall–Kier alpha value is -2.86. The second-order valence-corrected chi connectivity index (χ2v) is 6.16. The lowest BCUT2D eigenvalue weighted by molar-refractivity contribution is 0.274. The van der Waals surface area contributed by atoms with Gasteiger partial charge in [-0.15, -0.1) is 0 Å². The maximum absolute atomic E-state index is 13.9. The molecule has 0 saturated carbocycles. The van der Waals surface area contributed by atoms with Crippen LogP contribution in [0.15, 0.2) is 48.8 Å². The molecule has 4 rings (SSSR count). The zero-order valence-corrected chi connectivity index (χ0v) is 14.5. The molecule has 1 unspecified atom stereocenters. The van der Waals surface area contributed by atoms with Crippen molar-refractivity contribution >= 4 is 0 Å². The van der Waals surface area contributed by atoms with Gasteiger partial charge in [0.05, 0.1) is 25.2 Å². The average Bonchev–Trinajstić information content (AvgIpc) is 3.16. The predicted molar refractivity (Wildman–Crippen MR) is 95.9 cm³/mol. The minimum atomic E-state index is -0.283. The molecule has 0 radical (unpaired) electrons. The fourth-order valence-corrected chi connectivity index (χ4v) is 3.32. The number of methoxy groups -OCH3 is 1. The summed E-state index contributed by atoms with van der Waals surface area (Å²) in [4.78, 5) is 7.67. The van der Waals surface area contributed by atoms with Crippen LogP contribution in [0.3, 0.4) is 0 Å². The Labute approximate surface area is 151 Å². The van der Waals surface area contributed by atoms with E-state index >= 15 is 0 Å². The van der Waals surface area contributed by atoms with Crippen LogP contribution >= 0.6 is 0 Å². The van der Waals surface area contributed by atoms with Gasteiger partial charge in [0.15, 0.2) is 11.5 Å². The highest BCUT2D eigenvalue weighted by Crippen LogP contribution is 2.39. The number of nitrogens with zero attached hydrogens (tertiary/aromatic N) is 1. The molecule has 2 N–H and O–H groups in total. The summed E-state index contributed by atoms with van der Waals surface area (Å²) in [5, 5.41) is 3.49. The molecule has 0 saturated heterocycles. The second kappa shape index (κ2) is 7.17. The first-order valence-corrected chi connectivity index (χ1v) is 8.56. The van der Waals surface area contributed by atoms with Crippen LogP contribution in [0.1, 0.15) is 28.6 Å². The third-order valence-corrected chi connectivity index (χ3v) is 4.62. The van der Waals surface area contributed by atoms with E-state index < -0.39 is 0 Å². The molecule has 1 aliphatic rings.